The van der Waals surface area contributed by atoms with Gasteiger partial charge < -0.3 is 11.1 Å². The van der Waals surface area contributed by atoms with E-state index in [1.807, 2.05) is 0 Å². The number of fused-ring (bicyclic) bond motifs is 1. The second kappa shape index (κ2) is 5.48. The van der Waals surface area contributed by atoms with Crippen LogP contribution in [0.4, 0.5) is 16.3 Å². The molecule has 0 fully saturated rings. The second-order valence-corrected chi connectivity index (χ2v) is 6.12. The number of nitrogen functional groups attached to an aromatic ring is 1. The van der Waals surface area contributed by atoms with Gasteiger partial charge in [0.1, 0.15) is 5.37 Å². The van der Waals surface area contributed by atoms with Crippen molar-refractivity contribution in [3.8, 4) is 0 Å². The molecule has 3 rings (SSSR count). The van der Waals surface area contributed by atoms with E-state index in [9.17, 15) is 4.39 Å². The molecule has 0 amide bonds. The van der Waals surface area contributed by atoms with Crippen LogP contribution in [0.25, 0.3) is 0 Å². The molecule has 21 heavy (non-hydrogen) atoms. The molecule has 7 heteroatoms. The quantitative estimate of drug-likeness (QED) is 0.907. The van der Waals surface area contributed by atoms with Gasteiger partial charge in [0.2, 0.25) is 11.9 Å². The Hall–Kier alpha value is -1.89. The lowest BCUT2D eigenvalue weighted by Crippen LogP contribution is -2.12. The summed E-state index contributed by atoms with van der Waals surface area (Å²) in [6, 6.07) is 6.39. The molecule has 0 aliphatic carbocycles. The zero-order chi connectivity index (χ0) is 15.0. The van der Waals surface area contributed by atoms with Crippen molar-refractivity contribution in [2.45, 2.75) is 31.1 Å². The number of nitrogens with zero attached hydrogens (tertiary/aromatic N) is 3. The summed E-state index contributed by atoms with van der Waals surface area (Å²) in [5.74, 6) is 1.33. The van der Waals surface area contributed by atoms with Crippen LogP contribution in [-0.4, -0.2) is 15.0 Å². The highest BCUT2D eigenvalue weighted by Gasteiger charge is 2.24. The van der Waals surface area contributed by atoms with Crippen molar-refractivity contribution in [2.75, 3.05) is 11.1 Å². The Morgan fingerprint density at radius 2 is 2.19 bits per heavy atom. The van der Waals surface area contributed by atoms with Crippen LogP contribution in [0.2, 0.25) is 0 Å². The third kappa shape index (κ3) is 2.92. The molecule has 0 saturated carbocycles. The number of hydrogen-bond acceptors (Lipinski definition) is 6. The molecule has 2 heterocycles. The maximum absolute atomic E-state index is 13.4. The van der Waals surface area contributed by atoms with E-state index < -0.39 is 6.17 Å². The molecule has 0 saturated heterocycles. The molecule has 0 bridgehead atoms. The van der Waals surface area contributed by atoms with Crippen molar-refractivity contribution in [3.05, 3.63) is 40.7 Å². The Morgan fingerprint density at radius 3 is 2.95 bits per heavy atom. The number of hydrogen-bond donors (Lipinski definition) is 2. The molecule has 0 radical (unpaired) electrons. The Labute approximate surface area is 126 Å². The lowest BCUT2D eigenvalue weighted by atomic mass is 10.1. The van der Waals surface area contributed by atoms with E-state index in [1.165, 1.54) is 23.6 Å². The van der Waals surface area contributed by atoms with Crippen molar-refractivity contribution in [2.24, 2.45) is 0 Å². The van der Waals surface area contributed by atoms with Gasteiger partial charge in [-0.25, -0.2) is 4.39 Å². The van der Waals surface area contributed by atoms with Crippen LogP contribution in [0.15, 0.2) is 18.2 Å². The summed E-state index contributed by atoms with van der Waals surface area (Å²) in [5, 5.41) is 3.26. The summed E-state index contributed by atoms with van der Waals surface area (Å²) in [6.07, 6.45) is -1.28. The average molecular weight is 305 g/mol. The molecule has 1 aromatic carbocycles. The van der Waals surface area contributed by atoms with Gasteiger partial charge in [-0.2, -0.15) is 15.0 Å². The molecule has 2 aromatic rings. The van der Waals surface area contributed by atoms with Crippen molar-refractivity contribution in [1.82, 2.24) is 15.0 Å². The zero-order valence-electron chi connectivity index (χ0n) is 11.8. The summed E-state index contributed by atoms with van der Waals surface area (Å²) in [6.45, 7) is 3.44. The van der Waals surface area contributed by atoms with E-state index in [0.29, 0.717) is 5.95 Å². The Balaban J connectivity index is 1.87. The number of benzene rings is 1. The van der Waals surface area contributed by atoms with Crippen LogP contribution in [0.3, 0.4) is 0 Å². The smallest absolute Gasteiger partial charge is 0.228 e. The maximum atomic E-state index is 13.4. The van der Waals surface area contributed by atoms with Crippen LogP contribution < -0.4 is 11.1 Å². The number of aromatic nitrogens is 3. The van der Waals surface area contributed by atoms with Crippen LogP contribution in [0, 0.1) is 6.92 Å². The predicted octanol–water partition coefficient (Wildman–Crippen LogP) is 3.15. The third-order valence-corrected chi connectivity index (χ3v) is 4.46. The highest BCUT2D eigenvalue weighted by Crippen LogP contribution is 2.41. The fraction of sp³-hybridized carbons (Fsp3) is 0.357. The first-order chi connectivity index (χ1) is 10.0. The first-order valence-corrected chi connectivity index (χ1v) is 7.71. The molecular weight excluding hydrogens is 289 g/mol. The number of nitrogens with two attached hydrogens (primary N) is 1. The van der Waals surface area contributed by atoms with Crippen molar-refractivity contribution < 1.29 is 4.39 Å². The van der Waals surface area contributed by atoms with Crippen LogP contribution >= 0.6 is 11.8 Å². The van der Waals surface area contributed by atoms with Crippen LogP contribution in [0.5, 0.6) is 0 Å². The van der Waals surface area contributed by atoms with E-state index in [4.69, 9.17) is 5.73 Å². The molecular formula is C14H16FN5S. The molecule has 1 aromatic heterocycles. The molecule has 1 aliphatic heterocycles. The second-order valence-electron chi connectivity index (χ2n) is 5.03. The number of aryl methyl sites for hydroxylation is 1. The number of thioether (sulfide) groups is 1. The fourth-order valence-corrected chi connectivity index (χ4v) is 3.44. The molecule has 2 atom stereocenters. The third-order valence-electron chi connectivity index (χ3n) is 3.28. The highest BCUT2D eigenvalue weighted by molar-refractivity contribution is 7.99. The minimum absolute atomic E-state index is 0.0273. The van der Waals surface area contributed by atoms with Crippen molar-refractivity contribution >= 4 is 23.7 Å². The number of anilines is 2. The van der Waals surface area contributed by atoms with Gasteiger partial charge in [0, 0.05) is 5.75 Å². The first-order valence-electron chi connectivity index (χ1n) is 6.66. The number of nitrogens with one attached hydrogen (secondary N) is 1. The number of alkyl halides is 1. The van der Waals surface area contributed by atoms with Crippen molar-refractivity contribution in [1.29, 1.82) is 0 Å². The highest BCUT2D eigenvalue weighted by atomic mass is 32.2. The van der Waals surface area contributed by atoms with Gasteiger partial charge in [-0.3, -0.25) is 0 Å². The average Bonchev–Trinajstić information content (AvgIpc) is 2.80. The number of rotatable bonds is 3. The Morgan fingerprint density at radius 1 is 1.38 bits per heavy atom. The predicted molar refractivity (Wildman–Crippen MR) is 82.6 cm³/mol. The summed E-state index contributed by atoms with van der Waals surface area (Å²) in [7, 11) is 0. The van der Waals surface area contributed by atoms with Gasteiger partial charge in [0.05, 0.1) is 0 Å². The molecule has 0 unspecified atom stereocenters. The van der Waals surface area contributed by atoms with Crippen molar-refractivity contribution in [3.63, 3.8) is 0 Å². The molecule has 3 N–H and O–H groups in total. The van der Waals surface area contributed by atoms with E-state index >= 15 is 0 Å². The van der Waals surface area contributed by atoms with E-state index in [-0.39, 0.29) is 17.1 Å². The lowest BCUT2D eigenvalue weighted by molar-refractivity contribution is 0.356. The topological polar surface area (TPSA) is 76.7 Å². The minimum Gasteiger partial charge on any atom is -0.368 e. The molecule has 0 spiro atoms. The van der Waals surface area contributed by atoms with E-state index in [0.717, 1.165) is 5.75 Å². The van der Waals surface area contributed by atoms with Gasteiger partial charge in [-0.05, 0) is 25.0 Å². The van der Waals surface area contributed by atoms with Crippen LogP contribution in [0.1, 0.15) is 41.0 Å². The van der Waals surface area contributed by atoms with Gasteiger partial charge in [-0.15, -0.1) is 11.8 Å². The number of halogens is 1. The largest absolute Gasteiger partial charge is 0.368 e. The van der Waals surface area contributed by atoms with Gasteiger partial charge >= 0.3 is 0 Å². The normalized spacial score (nSPS) is 18.3. The summed E-state index contributed by atoms with van der Waals surface area (Å²) in [5.41, 5.74) is 9.33. The standard InChI is InChI=1S/C14H16FN5S/c1-7-3-4-9-6-21-12(10(9)5-7)19-14-18-11(8(2)15)17-13(16)20-14/h3-5,8,12H,6H2,1-2H3,(H3,16,17,18,19,20)/t8-,12-/m1/s1. The molecule has 5 nitrogen and oxygen atoms in total. The SMILES string of the molecule is Cc1ccc2c(c1)[C@H](Nc1nc(N)nc([C@@H](C)F)n1)SC2. The van der Waals surface area contributed by atoms with Gasteiger partial charge in [-0.1, -0.05) is 23.8 Å². The summed E-state index contributed by atoms with van der Waals surface area (Å²) < 4.78 is 13.4. The molecule has 1 aliphatic rings. The minimum atomic E-state index is -1.28. The maximum Gasteiger partial charge on any atom is 0.228 e. The van der Waals surface area contributed by atoms with E-state index in [2.05, 4.69) is 45.4 Å². The first kappa shape index (κ1) is 14.1. The van der Waals surface area contributed by atoms with Gasteiger partial charge in [0.25, 0.3) is 0 Å². The van der Waals surface area contributed by atoms with Crippen LogP contribution in [-0.2, 0) is 5.75 Å². The summed E-state index contributed by atoms with van der Waals surface area (Å²) in [4.78, 5) is 11.9. The summed E-state index contributed by atoms with van der Waals surface area (Å²) >= 11 is 1.75. The Bertz CT molecular complexity index is 676. The van der Waals surface area contributed by atoms with E-state index in [1.54, 1.807) is 11.8 Å². The molecule has 110 valence electrons. The zero-order valence-corrected chi connectivity index (χ0v) is 12.6. The lowest BCUT2D eigenvalue weighted by Gasteiger charge is -2.14. The fourth-order valence-electron chi connectivity index (χ4n) is 2.24. The van der Waals surface area contributed by atoms with Gasteiger partial charge in [0.15, 0.2) is 12.0 Å². The Kier molecular flexibility index (Phi) is 3.67. The monoisotopic (exact) mass is 305 g/mol.